The van der Waals surface area contributed by atoms with Crippen LogP contribution in [0.5, 0.6) is 17.2 Å². The van der Waals surface area contributed by atoms with E-state index in [9.17, 15) is 4.79 Å². The lowest BCUT2D eigenvalue weighted by molar-refractivity contribution is 0.102. The first-order chi connectivity index (χ1) is 13.1. The highest BCUT2D eigenvalue weighted by molar-refractivity contribution is 6.04. The van der Waals surface area contributed by atoms with Crippen LogP contribution in [-0.4, -0.2) is 45.9 Å². The van der Waals surface area contributed by atoms with Crippen LogP contribution in [0.2, 0.25) is 0 Å². The highest BCUT2D eigenvalue weighted by Crippen LogP contribution is 2.39. The molecule has 0 aliphatic heterocycles. The van der Waals surface area contributed by atoms with Gasteiger partial charge in [-0.05, 0) is 44.5 Å². The average Bonchev–Trinajstić information content (AvgIpc) is 3.10. The van der Waals surface area contributed by atoms with Crippen molar-refractivity contribution >= 4 is 11.9 Å². The van der Waals surface area contributed by atoms with Gasteiger partial charge in [0.1, 0.15) is 0 Å². The van der Waals surface area contributed by atoms with Crippen LogP contribution >= 0.6 is 0 Å². The smallest absolute Gasteiger partial charge is 0.270 e. The number of nitrogens with one attached hydrogen (secondary N) is 1. The number of benzene rings is 1. The number of carbonyl (C=O) groups is 1. The Morgan fingerprint density at radius 1 is 1.04 bits per heavy atom. The number of ether oxygens (including phenoxy) is 3. The minimum atomic E-state index is -0.380. The lowest BCUT2D eigenvalue weighted by atomic mass is 10.1. The van der Waals surface area contributed by atoms with Gasteiger partial charge in [-0.1, -0.05) is 18.4 Å². The molecule has 1 aromatic heterocycles. The second-order valence-corrected chi connectivity index (χ2v) is 5.62. The number of tetrazole rings is 1. The van der Waals surface area contributed by atoms with Gasteiger partial charge in [-0.25, -0.2) is 0 Å². The number of amides is 1. The van der Waals surface area contributed by atoms with Gasteiger partial charge in [-0.15, -0.1) is 5.10 Å². The SMILES string of the molecule is CCCCn1nnc(NC(=O)c2cc(OCC)c(OCC)c(OCC)c2)n1. The van der Waals surface area contributed by atoms with Gasteiger partial charge in [0.15, 0.2) is 11.5 Å². The molecule has 9 nitrogen and oxygen atoms in total. The van der Waals surface area contributed by atoms with Crippen molar-refractivity contribution in [2.45, 2.75) is 47.1 Å². The van der Waals surface area contributed by atoms with Crippen LogP contribution in [-0.2, 0) is 6.54 Å². The summed E-state index contributed by atoms with van der Waals surface area (Å²) in [6.07, 6.45) is 1.97. The Morgan fingerprint density at radius 2 is 1.67 bits per heavy atom. The lowest BCUT2D eigenvalue weighted by Crippen LogP contribution is -2.14. The predicted octanol–water partition coefficient (Wildman–Crippen LogP) is 2.92. The molecule has 148 valence electrons. The zero-order chi connectivity index (χ0) is 19.6. The summed E-state index contributed by atoms with van der Waals surface area (Å²) >= 11 is 0. The lowest BCUT2D eigenvalue weighted by Gasteiger charge is -2.16. The summed E-state index contributed by atoms with van der Waals surface area (Å²) in [7, 11) is 0. The van der Waals surface area contributed by atoms with E-state index in [1.54, 1.807) is 12.1 Å². The molecule has 0 saturated carbocycles. The van der Waals surface area contributed by atoms with E-state index in [0.29, 0.717) is 49.2 Å². The summed E-state index contributed by atoms with van der Waals surface area (Å²) in [5, 5.41) is 14.6. The van der Waals surface area contributed by atoms with Crippen LogP contribution in [0.4, 0.5) is 5.95 Å². The fourth-order valence-corrected chi connectivity index (χ4v) is 2.38. The van der Waals surface area contributed by atoms with Crippen LogP contribution in [0.3, 0.4) is 0 Å². The fourth-order valence-electron chi connectivity index (χ4n) is 2.38. The second-order valence-electron chi connectivity index (χ2n) is 5.62. The number of rotatable bonds is 11. The van der Waals surface area contributed by atoms with Crippen LogP contribution < -0.4 is 19.5 Å². The monoisotopic (exact) mass is 377 g/mol. The van der Waals surface area contributed by atoms with Gasteiger partial charge in [-0.2, -0.15) is 4.80 Å². The van der Waals surface area contributed by atoms with Gasteiger partial charge >= 0.3 is 0 Å². The zero-order valence-corrected chi connectivity index (χ0v) is 16.3. The standard InChI is InChI=1S/C18H27N5O4/c1-5-9-10-23-21-18(20-22-23)19-17(24)13-11-14(25-6-2)16(27-8-4)15(12-13)26-7-3/h11-12H,5-10H2,1-4H3,(H,19,21,24). The first kappa shape index (κ1) is 20.5. The molecule has 2 rings (SSSR count). The molecule has 0 aliphatic carbocycles. The van der Waals surface area contributed by atoms with Crippen LogP contribution in [0.15, 0.2) is 12.1 Å². The van der Waals surface area contributed by atoms with E-state index in [1.807, 2.05) is 20.8 Å². The Balaban J connectivity index is 2.24. The molecule has 0 radical (unpaired) electrons. The number of carbonyl (C=O) groups excluding carboxylic acids is 1. The maximum absolute atomic E-state index is 12.6. The number of nitrogens with zero attached hydrogens (tertiary/aromatic N) is 4. The third kappa shape index (κ3) is 5.57. The molecule has 27 heavy (non-hydrogen) atoms. The first-order valence-electron chi connectivity index (χ1n) is 9.28. The summed E-state index contributed by atoms with van der Waals surface area (Å²) in [5.41, 5.74) is 0.357. The minimum absolute atomic E-state index is 0.154. The van der Waals surface area contributed by atoms with Crippen molar-refractivity contribution in [3.8, 4) is 17.2 Å². The second kappa shape index (κ2) is 10.3. The molecule has 1 N–H and O–H groups in total. The number of anilines is 1. The quantitative estimate of drug-likeness (QED) is 0.642. The molecule has 0 bridgehead atoms. The zero-order valence-electron chi connectivity index (χ0n) is 16.3. The highest BCUT2D eigenvalue weighted by Gasteiger charge is 2.19. The largest absolute Gasteiger partial charge is 0.490 e. The molecule has 0 saturated heterocycles. The van der Waals surface area contributed by atoms with Gasteiger partial charge in [-0.3, -0.25) is 10.1 Å². The number of aryl methyl sites for hydroxylation is 1. The molecule has 1 aromatic carbocycles. The van der Waals surface area contributed by atoms with Crippen molar-refractivity contribution in [2.24, 2.45) is 0 Å². The third-order valence-electron chi connectivity index (χ3n) is 3.56. The summed E-state index contributed by atoms with van der Waals surface area (Å²) in [6.45, 7) is 9.66. The van der Waals surface area contributed by atoms with Crippen LogP contribution in [0.25, 0.3) is 0 Å². The van der Waals surface area contributed by atoms with Crippen LogP contribution in [0, 0.1) is 0 Å². The van der Waals surface area contributed by atoms with E-state index in [-0.39, 0.29) is 11.9 Å². The van der Waals surface area contributed by atoms with E-state index in [2.05, 4.69) is 27.7 Å². The van der Waals surface area contributed by atoms with Gasteiger partial charge in [0.25, 0.3) is 11.9 Å². The topological polar surface area (TPSA) is 100 Å². The predicted molar refractivity (Wildman–Crippen MR) is 101 cm³/mol. The van der Waals surface area contributed by atoms with Gasteiger partial charge in [0.05, 0.1) is 26.4 Å². The molecule has 2 aromatic rings. The minimum Gasteiger partial charge on any atom is -0.490 e. The molecular formula is C18H27N5O4. The van der Waals surface area contributed by atoms with E-state index in [4.69, 9.17) is 14.2 Å². The van der Waals surface area contributed by atoms with E-state index in [0.717, 1.165) is 12.8 Å². The Bertz CT molecular complexity index is 720. The van der Waals surface area contributed by atoms with Gasteiger partial charge < -0.3 is 14.2 Å². The Labute approximate surface area is 159 Å². The Hall–Kier alpha value is -2.84. The molecule has 0 unspecified atom stereocenters. The molecule has 0 spiro atoms. The fraction of sp³-hybridized carbons (Fsp3) is 0.556. The number of unbranched alkanes of at least 4 members (excludes halogenated alkanes) is 1. The summed E-state index contributed by atoms with van der Waals surface area (Å²) in [5.74, 6) is 1.17. The molecular weight excluding hydrogens is 350 g/mol. The molecule has 1 heterocycles. The summed E-state index contributed by atoms with van der Waals surface area (Å²) in [6, 6.07) is 3.24. The van der Waals surface area contributed by atoms with Crippen molar-refractivity contribution in [3.05, 3.63) is 17.7 Å². The van der Waals surface area contributed by atoms with E-state index >= 15 is 0 Å². The molecule has 0 aliphatic rings. The summed E-state index contributed by atoms with van der Waals surface area (Å²) < 4.78 is 16.9. The molecule has 0 atom stereocenters. The van der Waals surface area contributed by atoms with E-state index < -0.39 is 0 Å². The van der Waals surface area contributed by atoms with Crippen molar-refractivity contribution in [2.75, 3.05) is 25.1 Å². The first-order valence-corrected chi connectivity index (χ1v) is 9.28. The third-order valence-corrected chi connectivity index (χ3v) is 3.56. The van der Waals surface area contributed by atoms with E-state index in [1.165, 1.54) is 4.80 Å². The molecule has 0 fully saturated rings. The number of hydrogen-bond donors (Lipinski definition) is 1. The summed E-state index contributed by atoms with van der Waals surface area (Å²) in [4.78, 5) is 14.1. The number of hydrogen-bond acceptors (Lipinski definition) is 7. The van der Waals surface area contributed by atoms with Gasteiger partial charge in [0, 0.05) is 5.56 Å². The van der Waals surface area contributed by atoms with Crippen molar-refractivity contribution < 1.29 is 19.0 Å². The maximum atomic E-state index is 12.6. The maximum Gasteiger partial charge on any atom is 0.270 e. The van der Waals surface area contributed by atoms with Gasteiger partial charge in [0.2, 0.25) is 5.75 Å². The average molecular weight is 377 g/mol. The number of aromatic nitrogens is 4. The normalized spacial score (nSPS) is 10.5. The van der Waals surface area contributed by atoms with Crippen molar-refractivity contribution in [1.82, 2.24) is 20.2 Å². The molecule has 1 amide bonds. The molecule has 9 heteroatoms. The Morgan fingerprint density at radius 3 is 2.22 bits per heavy atom. The van der Waals surface area contributed by atoms with Crippen molar-refractivity contribution in [3.63, 3.8) is 0 Å². The highest BCUT2D eigenvalue weighted by atomic mass is 16.5. The Kier molecular flexibility index (Phi) is 7.84. The van der Waals surface area contributed by atoms with Crippen LogP contribution in [0.1, 0.15) is 50.9 Å². The van der Waals surface area contributed by atoms with Crippen molar-refractivity contribution in [1.29, 1.82) is 0 Å².